The number of aryl methyl sites for hydroxylation is 1. The van der Waals surface area contributed by atoms with Crippen LogP contribution in [0.15, 0.2) is 41.6 Å². The van der Waals surface area contributed by atoms with Crippen molar-refractivity contribution in [3.05, 3.63) is 42.2 Å². The number of ether oxygens (including phenoxy) is 1. The monoisotopic (exact) mass is 458 g/mol. The first kappa shape index (κ1) is 23.6. The second kappa shape index (κ2) is 9.43. The second-order valence-corrected chi connectivity index (χ2v) is 9.89. The summed E-state index contributed by atoms with van der Waals surface area (Å²) < 4.78 is 43.2. The third-order valence-corrected chi connectivity index (χ3v) is 5.39. The van der Waals surface area contributed by atoms with Crippen LogP contribution in [-0.4, -0.2) is 41.6 Å². The summed E-state index contributed by atoms with van der Waals surface area (Å²) in [6.07, 6.45) is 1.75. The van der Waals surface area contributed by atoms with Gasteiger partial charge in [-0.05, 0) is 50.6 Å². The summed E-state index contributed by atoms with van der Waals surface area (Å²) in [5.41, 5.74) is 1.24. The predicted molar refractivity (Wildman–Crippen MR) is 110 cm³/mol. The van der Waals surface area contributed by atoms with Crippen molar-refractivity contribution in [1.29, 1.82) is 0 Å². The van der Waals surface area contributed by atoms with Gasteiger partial charge in [0, 0.05) is 24.1 Å². The number of benzene rings is 1. The van der Waals surface area contributed by atoms with E-state index in [1.807, 2.05) is 4.72 Å². The normalized spacial score (nSPS) is 11.8. The molecule has 0 spiro atoms. The minimum atomic E-state index is -4.31. The fraction of sp³-hybridized carbons (Fsp3) is 0.294. The number of sulfonamides is 1. The third kappa shape index (κ3) is 6.99. The molecular formula is C17H23N4O7PS. The van der Waals surface area contributed by atoms with Crippen LogP contribution in [0.5, 0.6) is 5.75 Å². The number of carbonyl (C=O) groups excluding carboxylic acids is 1. The highest BCUT2D eigenvalue weighted by Crippen LogP contribution is 2.36. The quantitative estimate of drug-likeness (QED) is 0.372. The lowest BCUT2D eigenvalue weighted by Crippen LogP contribution is -2.42. The summed E-state index contributed by atoms with van der Waals surface area (Å²) in [4.78, 5) is 33.2. The smallest absolute Gasteiger partial charge is 0.362 e. The first-order valence-corrected chi connectivity index (χ1v) is 12.0. The van der Waals surface area contributed by atoms with Crippen LogP contribution in [0, 0.1) is 6.92 Å². The van der Waals surface area contributed by atoms with Crippen LogP contribution in [0.25, 0.3) is 0 Å². The standard InChI is InChI=1S/C17H23N4O7PS/c1-11(2)19-17(22)21-30(26,27)16-9-18-7-6-14(16)20-13-4-5-15(12(3)8-13)28-10-29(23,24)25/h4-9,11H,10H2,1-3H3,(H,18,20)(H2,19,21,22)(H2,23,24,25). The number of carbonyl (C=O) groups is 1. The second-order valence-electron chi connectivity index (χ2n) is 6.65. The number of nitrogens with zero attached hydrogens (tertiary/aromatic N) is 1. The molecule has 0 saturated carbocycles. The van der Waals surface area contributed by atoms with Crippen molar-refractivity contribution < 1.29 is 32.3 Å². The molecule has 13 heteroatoms. The molecule has 0 bridgehead atoms. The maximum atomic E-state index is 12.6. The zero-order chi connectivity index (χ0) is 22.5. The van der Waals surface area contributed by atoms with Gasteiger partial charge >= 0.3 is 13.6 Å². The molecule has 11 nitrogen and oxygen atoms in total. The molecule has 5 N–H and O–H groups in total. The zero-order valence-corrected chi connectivity index (χ0v) is 18.2. The fourth-order valence-corrected chi connectivity index (χ4v) is 3.69. The van der Waals surface area contributed by atoms with Crippen LogP contribution in [0.1, 0.15) is 19.4 Å². The van der Waals surface area contributed by atoms with Gasteiger partial charge in [-0.2, -0.15) is 0 Å². The Bertz CT molecular complexity index is 1070. The van der Waals surface area contributed by atoms with Crippen LogP contribution in [0.2, 0.25) is 0 Å². The molecule has 0 radical (unpaired) electrons. The van der Waals surface area contributed by atoms with E-state index >= 15 is 0 Å². The molecule has 0 unspecified atom stereocenters. The number of urea groups is 1. The average molecular weight is 458 g/mol. The number of hydrogen-bond acceptors (Lipinski definition) is 7. The zero-order valence-electron chi connectivity index (χ0n) is 16.5. The summed E-state index contributed by atoms with van der Waals surface area (Å²) in [6, 6.07) is 4.99. The molecule has 0 aliphatic rings. The highest BCUT2D eigenvalue weighted by atomic mass is 32.2. The van der Waals surface area contributed by atoms with Crippen LogP contribution < -0.4 is 20.1 Å². The van der Waals surface area contributed by atoms with E-state index in [1.165, 1.54) is 18.3 Å². The van der Waals surface area contributed by atoms with Crippen LogP contribution in [0.3, 0.4) is 0 Å². The number of pyridine rings is 1. The Hall–Kier alpha value is -2.66. The minimum absolute atomic E-state index is 0.179. The van der Waals surface area contributed by atoms with Gasteiger partial charge in [-0.3, -0.25) is 9.55 Å². The molecule has 2 rings (SSSR count). The SMILES string of the molecule is Cc1cc(Nc2ccncc2S(=O)(=O)NC(=O)NC(C)C)ccc1OCP(=O)(O)O. The molecule has 0 aliphatic heterocycles. The van der Waals surface area contributed by atoms with Crippen molar-refractivity contribution in [1.82, 2.24) is 15.0 Å². The Balaban J connectivity index is 2.23. The number of amides is 2. The average Bonchev–Trinajstić information content (AvgIpc) is 2.59. The molecule has 1 aromatic heterocycles. The number of rotatable bonds is 8. The van der Waals surface area contributed by atoms with E-state index in [0.29, 0.717) is 11.3 Å². The molecule has 0 fully saturated rings. The number of nitrogens with one attached hydrogen (secondary N) is 3. The van der Waals surface area contributed by atoms with Crippen LogP contribution >= 0.6 is 7.60 Å². The molecule has 0 aliphatic carbocycles. The van der Waals surface area contributed by atoms with E-state index in [4.69, 9.17) is 14.5 Å². The first-order valence-electron chi connectivity index (χ1n) is 8.70. The maximum Gasteiger partial charge on any atom is 0.362 e. The first-order chi connectivity index (χ1) is 13.9. The molecule has 1 heterocycles. The van der Waals surface area contributed by atoms with Gasteiger partial charge in [0.15, 0.2) is 6.35 Å². The lowest BCUT2D eigenvalue weighted by atomic mass is 10.2. The van der Waals surface area contributed by atoms with E-state index in [9.17, 15) is 17.8 Å². The molecule has 164 valence electrons. The molecule has 2 aromatic rings. The molecule has 30 heavy (non-hydrogen) atoms. The lowest BCUT2D eigenvalue weighted by Gasteiger charge is -2.15. The predicted octanol–water partition coefficient (Wildman–Crippen LogP) is 2.04. The largest absolute Gasteiger partial charge is 0.481 e. The Labute approximate surface area is 174 Å². The lowest BCUT2D eigenvalue weighted by molar-refractivity contribution is 0.243. The maximum absolute atomic E-state index is 12.6. The molecule has 0 saturated heterocycles. The molecule has 1 aromatic carbocycles. The molecular weight excluding hydrogens is 435 g/mol. The van der Waals surface area contributed by atoms with E-state index in [2.05, 4.69) is 15.6 Å². The van der Waals surface area contributed by atoms with Crippen LogP contribution in [0.4, 0.5) is 16.2 Å². The van der Waals surface area contributed by atoms with E-state index in [0.717, 1.165) is 6.20 Å². The van der Waals surface area contributed by atoms with Gasteiger partial charge in [0.2, 0.25) is 0 Å². The number of hydrogen-bond donors (Lipinski definition) is 5. The Morgan fingerprint density at radius 3 is 2.57 bits per heavy atom. The van der Waals surface area contributed by atoms with Gasteiger partial charge in [-0.25, -0.2) is 17.9 Å². The van der Waals surface area contributed by atoms with E-state index in [1.54, 1.807) is 32.9 Å². The summed E-state index contributed by atoms with van der Waals surface area (Å²) in [6.45, 7) is 5.06. The van der Waals surface area contributed by atoms with Crippen molar-refractivity contribution in [2.24, 2.45) is 0 Å². The highest BCUT2D eigenvalue weighted by Gasteiger charge is 2.22. The molecule has 2 amide bonds. The van der Waals surface area contributed by atoms with E-state index in [-0.39, 0.29) is 22.4 Å². The summed E-state index contributed by atoms with van der Waals surface area (Å²) >= 11 is 0. The number of anilines is 2. The summed E-state index contributed by atoms with van der Waals surface area (Å²) in [7, 11) is -8.51. The van der Waals surface area contributed by atoms with Crippen molar-refractivity contribution >= 4 is 35.0 Å². The van der Waals surface area contributed by atoms with Crippen molar-refractivity contribution in [3.8, 4) is 5.75 Å². The van der Waals surface area contributed by atoms with Crippen molar-refractivity contribution in [3.63, 3.8) is 0 Å². The Morgan fingerprint density at radius 1 is 1.27 bits per heavy atom. The van der Waals surface area contributed by atoms with Gasteiger partial charge in [0.1, 0.15) is 10.6 Å². The highest BCUT2D eigenvalue weighted by molar-refractivity contribution is 7.90. The van der Waals surface area contributed by atoms with Crippen LogP contribution in [-0.2, 0) is 14.6 Å². The van der Waals surface area contributed by atoms with E-state index < -0.39 is 30.0 Å². The van der Waals surface area contributed by atoms with Gasteiger partial charge in [0.25, 0.3) is 10.0 Å². The topological polar surface area (TPSA) is 167 Å². The van der Waals surface area contributed by atoms with Gasteiger partial charge in [-0.15, -0.1) is 0 Å². The van der Waals surface area contributed by atoms with Gasteiger partial charge in [-0.1, -0.05) is 0 Å². The van der Waals surface area contributed by atoms with Crippen molar-refractivity contribution in [2.45, 2.75) is 31.7 Å². The fourth-order valence-electron chi connectivity index (χ4n) is 2.36. The summed E-state index contributed by atoms with van der Waals surface area (Å²) in [5, 5.41) is 5.37. The molecule has 0 atom stereocenters. The Morgan fingerprint density at radius 2 is 1.97 bits per heavy atom. The third-order valence-electron chi connectivity index (χ3n) is 3.56. The summed E-state index contributed by atoms with van der Waals surface area (Å²) in [5.74, 6) is 0.276. The minimum Gasteiger partial charge on any atom is -0.481 e. The van der Waals surface area contributed by atoms with Gasteiger partial charge in [0.05, 0.1) is 5.69 Å². The van der Waals surface area contributed by atoms with Gasteiger partial charge < -0.3 is 25.2 Å². The Kier molecular flexibility index (Phi) is 7.43. The number of aromatic nitrogens is 1. The van der Waals surface area contributed by atoms with Crippen molar-refractivity contribution in [2.75, 3.05) is 11.7 Å².